The molecule has 1 aliphatic rings. The summed E-state index contributed by atoms with van der Waals surface area (Å²) in [6.07, 6.45) is 2.23. The number of hydrogen-bond donors (Lipinski definition) is 1. The molecule has 2 rings (SSSR count). The highest BCUT2D eigenvalue weighted by molar-refractivity contribution is 5.18. The molecule has 2 nitrogen and oxygen atoms in total. The van der Waals surface area contributed by atoms with Crippen molar-refractivity contribution >= 4 is 0 Å². The van der Waals surface area contributed by atoms with Gasteiger partial charge in [-0.1, -0.05) is 13.0 Å². The Kier molecular flexibility index (Phi) is 4.66. The van der Waals surface area contributed by atoms with Crippen molar-refractivity contribution in [2.75, 3.05) is 19.6 Å². The maximum Gasteiger partial charge on any atom is 0.130 e. The van der Waals surface area contributed by atoms with Gasteiger partial charge in [0.1, 0.15) is 11.6 Å². The summed E-state index contributed by atoms with van der Waals surface area (Å²) < 4.78 is 26.3. The lowest BCUT2D eigenvalue weighted by Gasteiger charge is -2.17. The van der Waals surface area contributed by atoms with Crippen molar-refractivity contribution in [3.8, 4) is 0 Å². The molecule has 1 aromatic carbocycles. The first-order valence-electron chi connectivity index (χ1n) is 6.58. The smallest absolute Gasteiger partial charge is 0.130 e. The zero-order chi connectivity index (χ0) is 13.0. The van der Waals surface area contributed by atoms with Gasteiger partial charge in [0, 0.05) is 37.3 Å². The van der Waals surface area contributed by atoms with E-state index in [4.69, 9.17) is 0 Å². The molecule has 18 heavy (non-hydrogen) atoms. The molecule has 1 heterocycles. The van der Waals surface area contributed by atoms with Gasteiger partial charge in [-0.2, -0.15) is 0 Å². The Morgan fingerprint density at radius 1 is 1.39 bits per heavy atom. The summed E-state index contributed by atoms with van der Waals surface area (Å²) in [5, 5.41) is 3.48. The predicted octanol–water partition coefficient (Wildman–Crippen LogP) is 2.54. The van der Waals surface area contributed by atoms with Crippen molar-refractivity contribution in [2.45, 2.75) is 32.4 Å². The van der Waals surface area contributed by atoms with E-state index >= 15 is 0 Å². The molecule has 1 N–H and O–H groups in total. The van der Waals surface area contributed by atoms with Crippen LogP contribution in [0.3, 0.4) is 0 Å². The van der Waals surface area contributed by atoms with Gasteiger partial charge in [0.25, 0.3) is 0 Å². The van der Waals surface area contributed by atoms with Crippen LogP contribution < -0.4 is 5.32 Å². The van der Waals surface area contributed by atoms with Crippen molar-refractivity contribution in [2.24, 2.45) is 0 Å². The van der Waals surface area contributed by atoms with Gasteiger partial charge in [0.15, 0.2) is 0 Å². The summed E-state index contributed by atoms with van der Waals surface area (Å²) >= 11 is 0. The molecule has 1 aliphatic heterocycles. The summed E-state index contributed by atoms with van der Waals surface area (Å²) in [5.41, 5.74) is 0.576. The highest BCUT2D eigenvalue weighted by atomic mass is 19.1. The van der Waals surface area contributed by atoms with Crippen LogP contribution in [0.5, 0.6) is 0 Å². The average molecular weight is 254 g/mol. The topological polar surface area (TPSA) is 15.3 Å². The number of rotatable bonds is 5. The fraction of sp³-hybridized carbons (Fsp3) is 0.571. The number of hydrogen-bond acceptors (Lipinski definition) is 2. The maximum atomic E-state index is 13.5. The van der Waals surface area contributed by atoms with E-state index in [2.05, 4.69) is 17.1 Å². The third-order valence-corrected chi connectivity index (χ3v) is 3.36. The largest absolute Gasteiger partial charge is 0.313 e. The third kappa shape index (κ3) is 3.50. The number of nitrogens with zero attached hydrogens (tertiary/aromatic N) is 1. The van der Waals surface area contributed by atoms with Gasteiger partial charge in [-0.25, -0.2) is 8.78 Å². The lowest BCUT2D eigenvalue weighted by Crippen LogP contribution is -2.32. The van der Waals surface area contributed by atoms with E-state index in [0.717, 1.165) is 38.5 Å². The second kappa shape index (κ2) is 6.25. The Bertz CT molecular complexity index is 395. The Morgan fingerprint density at radius 2 is 2.22 bits per heavy atom. The average Bonchev–Trinajstić information content (AvgIpc) is 2.78. The van der Waals surface area contributed by atoms with E-state index in [1.165, 1.54) is 12.1 Å². The van der Waals surface area contributed by atoms with Crippen LogP contribution in [0.15, 0.2) is 18.2 Å². The highest BCUT2D eigenvalue weighted by Gasteiger charge is 2.22. The SMILES string of the molecule is CCCNC1CCN(Cc2ccc(F)cc2F)C1. The maximum absolute atomic E-state index is 13.5. The first kappa shape index (κ1) is 13.4. The van der Waals surface area contributed by atoms with Crippen LogP contribution in [0.2, 0.25) is 0 Å². The van der Waals surface area contributed by atoms with Crippen molar-refractivity contribution in [1.82, 2.24) is 10.2 Å². The second-order valence-corrected chi connectivity index (χ2v) is 4.91. The summed E-state index contributed by atoms with van der Waals surface area (Å²) in [6, 6.07) is 4.32. The molecule has 1 aromatic rings. The molecule has 0 radical (unpaired) electrons. The minimum atomic E-state index is -0.514. The summed E-state index contributed by atoms with van der Waals surface area (Å²) in [7, 11) is 0. The van der Waals surface area contributed by atoms with E-state index in [-0.39, 0.29) is 0 Å². The molecular formula is C14H20F2N2. The highest BCUT2D eigenvalue weighted by Crippen LogP contribution is 2.16. The number of benzene rings is 1. The van der Waals surface area contributed by atoms with E-state index < -0.39 is 11.6 Å². The lowest BCUT2D eigenvalue weighted by molar-refractivity contribution is 0.314. The Balaban J connectivity index is 1.87. The van der Waals surface area contributed by atoms with Gasteiger partial charge in [0.2, 0.25) is 0 Å². The molecule has 0 aromatic heterocycles. The first-order chi connectivity index (χ1) is 8.69. The molecule has 1 fully saturated rings. The number of nitrogens with one attached hydrogen (secondary N) is 1. The zero-order valence-electron chi connectivity index (χ0n) is 10.8. The standard InChI is InChI=1S/C14H20F2N2/c1-2-6-17-13-5-7-18(10-13)9-11-3-4-12(15)8-14(11)16/h3-4,8,13,17H,2,5-7,9-10H2,1H3. The molecular weight excluding hydrogens is 234 g/mol. The van der Waals surface area contributed by atoms with Gasteiger partial charge in [-0.3, -0.25) is 4.90 Å². The van der Waals surface area contributed by atoms with Gasteiger partial charge >= 0.3 is 0 Å². The van der Waals surface area contributed by atoms with Crippen molar-refractivity contribution in [3.63, 3.8) is 0 Å². The number of likely N-dealkylation sites (tertiary alicyclic amines) is 1. The fourth-order valence-electron chi connectivity index (χ4n) is 2.38. The lowest BCUT2D eigenvalue weighted by atomic mass is 10.2. The summed E-state index contributed by atoms with van der Waals surface area (Å²) in [4.78, 5) is 2.21. The van der Waals surface area contributed by atoms with Gasteiger partial charge < -0.3 is 5.32 Å². The van der Waals surface area contributed by atoms with Crippen LogP contribution >= 0.6 is 0 Å². The van der Waals surface area contributed by atoms with Gasteiger partial charge in [-0.05, 0) is 25.5 Å². The molecule has 0 spiro atoms. The van der Waals surface area contributed by atoms with E-state index in [1.54, 1.807) is 0 Å². The van der Waals surface area contributed by atoms with Crippen LogP contribution in [-0.2, 0) is 6.54 Å². The van der Waals surface area contributed by atoms with E-state index in [1.807, 2.05) is 0 Å². The van der Waals surface area contributed by atoms with Crippen LogP contribution in [0.1, 0.15) is 25.3 Å². The molecule has 0 aliphatic carbocycles. The van der Waals surface area contributed by atoms with Crippen LogP contribution in [0, 0.1) is 11.6 Å². The van der Waals surface area contributed by atoms with Gasteiger partial charge in [0.05, 0.1) is 0 Å². The second-order valence-electron chi connectivity index (χ2n) is 4.91. The minimum Gasteiger partial charge on any atom is -0.313 e. The van der Waals surface area contributed by atoms with E-state index in [9.17, 15) is 8.78 Å². The quantitative estimate of drug-likeness (QED) is 0.868. The predicted molar refractivity (Wildman–Crippen MR) is 68.3 cm³/mol. The molecule has 1 atom stereocenters. The number of halogens is 2. The Hall–Kier alpha value is -1.00. The fourth-order valence-corrected chi connectivity index (χ4v) is 2.38. The van der Waals surface area contributed by atoms with Crippen LogP contribution in [-0.4, -0.2) is 30.6 Å². The first-order valence-corrected chi connectivity index (χ1v) is 6.58. The molecule has 0 saturated carbocycles. The molecule has 0 amide bonds. The van der Waals surface area contributed by atoms with Crippen molar-refractivity contribution < 1.29 is 8.78 Å². The zero-order valence-corrected chi connectivity index (χ0v) is 10.8. The third-order valence-electron chi connectivity index (χ3n) is 3.36. The molecule has 1 saturated heterocycles. The normalized spacial score (nSPS) is 20.5. The minimum absolute atomic E-state index is 0.444. The van der Waals surface area contributed by atoms with Crippen LogP contribution in [0.4, 0.5) is 8.78 Å². The van der Waals surface area contributed by atoms with Crippen molar-refractivity contribution in [3.05, 3.63) is 35.4 Å². The molecule has 0 bridgehead atoms. The summed E-state index contributed by atoms with van der Waals surface area (Å²) in [6.45, 7) is 5.66. The molecule has 4 heteroatoms. The monoisotopic (exact) mass is 254 g/mol. The van der Waals surface area contributed by atoms with Gasteiger partial charge in [-0.15, -0.1) is 0 Å². The summed E-state index contributed by atoms with van der Waals surface area (Å²) in [5.74, 6) is -0.958. The molecule has 100 valence electrons. The van der Waals surface area contributed by atoms with Crippen LogP contribution in [0.25, 0.3) is 0 Å². The van der Waals surface area contributed by atoms with Crippen molar-refractivity contribution in [1.29, 1.82) is 0 Å². The Labute approximate surface area is 107 Å². The van der Waals surface area contributed by atoms with E-state index in [0.29, 0.717) is 18.2 Å². The Morgan fingerprint density at radius 3 is 2.94 bits per heavy atom. The molecule has 1 unspecified atom stereocenters.